The Bertz CT molecular complexity index is 1480. The summed E-state index contributed by atoms with van der Waals surface area (Å²) in [4.78, 5) is 41.1. The maximum atomic E-state index is 14.3. The van der Waals surface area contributed by atoms with Gasteiger partial charge in [0.05, 0.1) is 10.9 Å². The molecule has 1 aliphatic heterocycles. The highest BCUT2D eigenvalue weighted by Gasteiger charge is 2.48. The lowest BCUT2D eigenvalue weighted by atomic mass is 9.92. The quantitative estimate of drug-likeness (QED) is 0.392. The molecule has 8 heteroatoms. The van der Waals surface area contributed by atoms with Gasteiger partial charge in [0.25, 0.3) is 0 Å². The molecule has 2 heterocycles. The number of rotatable bonds is 7. The molecule has 0 bridgehead atoms. The van der Waals surface area contributed by atoms with E-state index in [-0.39, 0.29) is 59.2 Å². The maximum absolute atomic E-state index is 14.3. The average molecular weight is 504 g/mol. The number of amides is 2. The molecule has 0 radical (unpaired) electrons. The van der Waals surface area contributed by atoms with Crippen LogP contribution in [0.15, 0.2) is 48.7 Å². The maximum Gasteiger partial charge on any atom is 0.244 e. The minimum absolute atomic E-state index is 0.00391. The van der Waals surface area contributed by atoms with Gasteiger partial charge in [-0.1, -0.05) is 53.8 Å². The molecule has 1 saturated carbocycles. The molecule has 3 aromatic rings. The molecule has 1 aromatic heterocycles. The lowest BCUT2D eigenvalue weighted by Crippen LogP contribution is -2.50. The number of benzene rings is 2. The van der Waals surface area contributed by atoms with E-state index < -0.39 is 11.9 Å². The van der Waals surface area contributed by atoms with Gasteiger partial charge in [-0.2, -0.15) is 0 Å². The van der Waals surface area contributed by atoms with E-state index in [1.165, 1.54) is 6.07 Å². The van der Waals surface area contributed by atoms with Crippen LogP contribution in [0.2, 0.25) is 5.02 Å². The van der Waals surface area contributed by atoms with Crippen LogP contribution in [0.4, 0.5) is 4.39 Å². The van der Waals surface area contributed by atoms with Crippen molar-refractivity contribution in [1.29, 1.82) is 0 Å². The Hall–Kier alpha value is -3.63. The molecule has 6 rings (SSSR count). The number of carbonyl (C=O) groups excluding carboxylic acids is 3. The molecule has 2 amide bonds. The second-order valence-electron chi connectivity index (χ2n) is 9.65. The smallest absolute Gasteiger partial charge is 0.244 e. The van der Waals surface area contributed by atoms with Crippen LogP contribution in [-0.2, 0) is 22.7 Å². The van der Waals surface area contributed by atoms with E-state index in [0.29, 0.717) is 12.0 Å². The van der Waals surface area contributed by atoms with Crippen molar-refractivity contribution in [2.75, 3.05) is 0 Å². The first-order valence-electron chi connectivity index (χ1n) is 12.1. The normalized spacial score (nSPS) is 21.9. The third kappa shape index (κ3) is 3.86. The van der Waals surface area contributed by atoms with E-state index in [2.05, 4.69) is 17.2 Å². The van der Waals surface area contributed by atoms with Gasteiger partial charge in [0.15, 0.2) is 5.78 Å². The highest BCUT2D eigenvalue weighted by molar-refractivity contribution is 6.30. The molecular weight excluding hydrogens is 481 g/mol. The summed E-state index contributed by atoms with van der Waals surface area (Å²) in [5.74, 6) is 5.03. The Kier molecular flexibility index (Phi) is 5.57. The number of carbonyl (C=O) groups is 3. The second-order valence-corrected chi connectivity index (χ2v) is 10.1. The number of fused-ring (bicyclic) bond motifs is 2. The number of nitrogens with one attached hydrogen (secondary N) is 1. The highest BCUT2D eigenvalue weighted by Crippen LogP contribution is 2.37. The zero-order chi connectivity index (χ0) is 25.0. The van der Waals surface area contributed by atoms with E-state index >= 15 is 0 Å². The molecule has 3 atom stereocenters. The Balaban J connectivity index is 1.22. The molecule has 2 aromatic carbocycles. The van der Waals surface area contributed by atoms with Gasteiger partial charge in [0, 0.05) is 40.7 Å². The standard InChI is InChI=1S/C28H23ClFN3O3/c29-21-6-3-4-18(26(21)30)13-31-28(36)24-12-17-10-11-22(17)33(24)25(34)15-32-14-20(27(35)16-8-9-16)19-5-1-2-7-23(19)32/h1-7,14,16-17,22,24H,8-9,12-13,15H2,(H,31,36). The number of nitrogens with zero attached hydrogens (tertiary/aromatic N) is 2. The number of likely N-dealkylation sites (tertiary alicyclic amines) is 1. The number of ketones is 1. The zero-order valence-electron chi connectivity index (χ0n) is 19.3. The molecule has 3 aliphatic rings. The third-order valence-electron chi connectivity index (χ3n) is 7.29. The third-order valence-corrected chi connectivity index (χ3v) is 7.59. The molecule has 0 spiro atoms. The Morgan fingerprint density at radius 2 is 1.89 bits per heavy atom. The van der Waals surface area contributed by atoms with Crippen molar-refractivity contribution in [3.63, 3.8) is 0 Å². The van der Waals surface area contributed by atoms with Gasteiger partial charge in [0.2, 0.25) is 11.8 Å². The lowest BCUT2D eigenvalue weighted by Gasteiger charge is -2.29. The van der Waals surface area contributed by atoms with Crippen molar-refractivity contribution in [3.05, 3.63) is 70.6 Å². The number of halogens is 2. The van der Waals surface area contributed by atoms with Gasteiger partial charge < -0.3 is 14.8 Å². The van der Waals surface area contributed by atoms with Gasteiger partial charge >= 0.3 is 0 Å². The predicted octanol–water partition coefficient (Wildman–Crippen LogP) is 3.95. The molecule has 6 nitrogen and oxygen atoms in total. The fourth-order valence-corrected chi connectivity index (χ4v) is 5.38. The molecular formula is C28H23ClFN3O3. The Labute approximate surface area is 212 Å². The fraction of sp³-hybridized carbons (Fsp3) is 0.321. The van der Waals surface area contributed by atoms with Gasteiger partial charge in [-0.15, -0.1) is 0 Å². The average Bonchev–Trinajstić information content (AvgIpc) is 3.60. The highest BCUT2D eigenvalue weighted by atomic mass is 35.5. The first-order chi connectivity index (χ1) is 17.4. The lowest BCUT2D eigenvalue weighted by molar-refractivity contribution is -0.140. The van der Waals surface area contributed by atoms with E-state index in [0.717, 1.165) is 23.7 Å². The summed E-state index contributed by atoms with van der Waals surface area (Å²) >= 11 is 5.85. The SMILES string of the molecule is O=C(c1cn(CC(=O)N2C(C(=O)NCc3cccc(Cl)c3F)CC3C#CC32)c2ccccc12)C1CC1. The second kappa shape index (κ2) is 8.79. The minimum Gasteiger partial charge on any atom is -0.350 e. The summed E-state index contributed by atoms with van der Waals surface area (Å²) in [6.45, 7) is -0.0368. The summed E-state index contributed by atoms with van der Waals surface area (Å²) < 4.78 is 16.1. The summed E-state index contributed by atoms with van der Waals surface area (Å²) in [6.07, 6.45) is 4.01. The molecule has 1 N–H and O–H groups in total. The summed E-state index contributed by atoms with van der Waals surface area (Å²) in [6, 6.07) is 11.2. The van der Waals surface area contributed by atoms with Crippen molar-refractivity contribution < 1.29 is 18.8 Å². The van der Waals surface area contributed by atoms with E-state index in [4.69, 9.17) is 11.6 Å². The first-order valence-corrected chi connectivity index (χ1v) is 12.4. The van der Waals surface area contributed by atoms with E-state index in [9.17, 15) is 18.8 Å². The summed E-state index contributed by atoms with van der Waals surface area (Å²) in [5.41, 5.74) is 1.72. The van der Waals surface area contributed by atoms with Crippen LogP contribution in [-0.4, -0.2) is 39.1 Å². The van der Waals surface area contributed by atoms with E-state index in [1.807, 2.05) is 24.3 Å². The topological polar surface area (TPSA) is 71.4 Å². The number of Topliss-reactive ketones (excluding diaryl/α,β-unsaturated/α-hetero) is 1. The van der Waals surface area contributed by atoms with Crippen molar-refractivity contribution in [2.45, 2.75) is 44.4 Å². The van der Waals surface area contributed by atoms with Crippen LogP contribution in [0.25, 0.3) is 10.9 Å². The van der Waals surface area contributed by atoms with Crippen LogP contribution >= 0.6 is 11.6 Å². The van der Waals surface area contributed by atoms with Crippen LogP contribution < -0.4 is 5.32 Å². The van der Waals surface area contributed by atoms with Crippen LogP contribution in [0.3, 0.4) is 0 Å². The number of para-hydroxylation sites is 1. The number of aromatic nitrogens is 1. The predicted molar refractivity (Wildman–Crippen MR) is 133 cm³/mol. The van der Waals surface area contributed by atoms with Crippen molar-refractivity contribution >= 4 is 40.1 Å². The number of hydrogen-bond donors (Lipinski definition) is 1. The van der Waals surface area contributed by atoms with Crippen LogP contribution in [0.5, 0.6) is 0 Å². The summed E-state index contributed by atoms with van der Waals surface area (Å²) in [5, 5.41) is 3.58. The van der Waals surface area contributed by atoms with Gasteiger partial charge in [0.1, 0.15) is 24.4 Å². The number of hydrogen-bond acceptors (Lipinski definition) is 3. The monoisotopic (exact) mass is 503 g/mol. The Morgan fingerprint density at radius 3 is 2.64 bits per heavy atom. The molecule has 36 heavy (non-hydrogen) atoms. The minimum atomic E-state index is -0.716. The Morgan fingerprint density at radius 1 is 1.08 bits per heavy atom. The fourth-order valence-electron chi connectivity index (χ4n) is 5.19. The molecule has 2 fully saturated rings. The van der Waals surface area contributed by atoms with Gasteiger partial charge in [-0.25, -0.2) is 4.39 Å². The zero-order valence-corrected chi connectivity index (χ0v) is 20.1. The van der Waals surface area contributed by atoms with Crippen LogP contribution in [0.1, 0.15) is 35.2 Å². The van der Waals surface area contributed by atoms with Crippen molar-refractivity contribution in [3.8, 4) is 11.8 Å². The molecule has 2 aliphatic carbocycles. The van der Waals surface area contributed by atoms with Gasteiger partial charge in [-0.3, -0.25) is 14.4 Å². The summed E-state index contributed by atoms with van der Waals surface area (Å²) in [7, 11) is 0. The van der Waals surface area contributed by atoms with Crippen molar-refractivity contribution in [1.82, 2.24) is 14.8 Å². The largest absolute Gasteiger partial charge is 0.350 e. The van der Waals surface area contributed by atoms with Crippen LogP contribution in [0, 0.1) is 29.5 Å². The molecule has 182 valence electrons. The first kappa shape index (κ1) is 22.8. The molecule has 3 unspecified atom stereocenters. The van der Waals surface area contributed by atoms with Gasteiger partial charge in [-0.05, 0) is 31.4 Å². The van der Waals surface area contributed by atoms with Crippen molar-refractivity contribution in [2.24, 2.45) is 11.8 Å². The van der Waals surface area contributed by atoms with E-state index in [1.54, 1.807) is 27.8 Å². The molecule has 1 saturated heterocycles.